The Morgan fingerprint density at radius 2 is 1.83 bits per heavy atom. The molecule has 0 saturated heterocycles. The number of hydrogen-bond donors (Lipinski definition) is 8. The molecule has 2 amide bonds. The Labute approximate surface area is 235 Å². The van der Waals surface area contributed by atoms with E-state index in [0.717, 1.165) is 0 Å². The maximum absolute atomic E-state index is 13.9. The van der Waals surface area contributed by atoms with Gasteiger partial charge in [-0.05, 0) is 31.6 Å². The van der Waals surface area contributed by atoms with Crippen LogP contribution >= 0.6 is 0 Å². The largest absolute Gasteiger partial charge is 0.510 e. The number of aromatic hydroxyl groups is 1. The van der Waals surface area contributed by atoms with E-state index in [0.29, 0.717) is 12.2 Å². The van der Waals surface area contributed by atoms with Gasteiger partial charge in [0.15, 0.2) is 11.4 Å². The fourth-order valence-corrected chi connectivity index (χ4v) is 6.30. The third kappa shape index (κ3) is 4.43. The highest BCUT2D eigenvalue weighted by Crippen LogP contribution is 2.55. The van der Waals surface area contributed by atoms with E-state index in [-0.39, 0.29) is 24.3 Å². The van der Waals surface area contributed by atoms with Gasteiger partial charge < -0.3 is 46.6 Å². The van der Waals surface area contributed by atoms with Crippen molar-refractivity contribution >= 4 is 29.1 Å². The normalized spacial score (nSPS) is 29.2. The van der Waals surface area contributed by atoms with Gasteiger partial charge in [-0.1, -0.05) is 13.0 Å². The quantitative estimate of drug-likeness (QED) is 0.104. The smallest absolute Gasteiger partial charge is 0.255 e. The number of methoxy groups -OCH3 is 1. The van der Waals surface area contributed by atoms with Gasteiger partial charge in [0.25, 0.3) is 5.91 Å². The minimum atomic E-state index is -2.99. The van der Waals surface area contributed by atoms with Gasteiger partial charge in [-0.25, -0.2) is 0 Å². The Morgan fingerprint density at radius 3 is 2.41 bits per heavy atom. The lowest BCUT2D eigenvalue weighted by Crippen LogP contribution is -2.68. The summed E-state index contributed by atoms with van der Waals surface area (Å²) in [4.78, 5) is 52.8. The number of aliphatic hydroxyl groups excluding tert-OH is 3. The van der Waals surface area contributed by atoms with E-state index in [4.69, 9.17) is 10.5 Å². The van der Waals surface area contributed by atoms with Crippen LogP contribution in [-0.2, 0) is 19.1 Å². The van der Waals surface area contributed by atoms with Gasteiger partial charge in [0, 0.05) is 25.1 Å². The van der Waals surface area contributed by atoms with Crippen molar-refractivity contribution in [3.63, 3.8) is 0 Å². The number of nitrogens with one attached hydrogen (secondary N) is 2. The number of anilines is 1. The maximum Gasteiger partial charge on any atom is 0.255 e. The molecule has 0 radical (unpaired) electrons. The van der Waals surface area contributed by atoms with Gasteiger partial charge in [0.2, 0.25) is 11.7 Å². The number of primary amides is 1. The zero-order chi connectivity index (χ0) is 30.5. The van der Waals surface area contributed by atoms with Crippen LogP contribution in [0.25, 0.3) is 0 Å². The maximum atomic E-state index is 13.9. The molecule has 14 nitrogen and oxygen atoms in total. The number of phenols is 1. The minimum absolute atomic E-state index is 0.0305. The average molecular weight is 575 g/mol. The summed E-state index contributed by atoms with van der Waals surface area (Å²) in [6, 6.07) is 1.65. The topological polar surface area (TPSA) is 232 Å². The number of ketones is 2. The lowest BCUT2D eigenvalue weighted by Gasteiger charge is -2.53. The predicted octanol–water partition coefficient (Wildman–Crippen LogP) is -1.17. The van der Waals surface area contributed by atoms with E-state index in [1.165, 1.54) is 38.2 Å². The number of ether oxygens (including phenoxy) is 1. The average Bonchev–Trinajstić information content (AvgIpc) is 2.90. The number of aliphatic hydroxyl groups is 4. The first-order chi connectivity index (χ1) is 19.2. The van der Waals surface area contributed by atoms with Crippen LogP contribution in [0.5, 0.6) is 5.75 Å². The number of fused-ring (bicyclic) bond motifs is 3. The first kappa shape index (κ1) is 30.0. The fourth-order valence-electron chi connectivity index (χ4n) is 6.30. The number of carbonyl (C=O) groups is 4. The van der Waals surface area contributed by atoms with Crippen LogP contribution in [0.2, 0.25) is 0 Å². The molecule has 0 aromatic heterocycles. The molecule has 222 valence electrons. The standard InChI is InChI=1S/C27H34N4O10/c1-10-11-5-6-12(30-9-13(32)29-7-8-41-4)20(33)15(11)21(34)16-14(10)22(35)18-19(31(2)3)23(36)17(26(28)39)25(38)27(18,40)24(16)37/h5-6,10,14,18-19,22,30,33,35-37,40H,7-9H2,1-4H3,(H2,28,39)(H,29,32)/t10-,14+,18+,19+,22-,27-/m1/s1. The molecule has 0 heterocycles. The number of nitrogens with zero attached hydrogens (tertiary/aromatic N) is 1. The molecule has 41 heavy (non-hydrogen) atoms. The van der Waals surface area contributed by atoms with Crippen LogP contribution in [0, 0.1) is 11.8 Å². The van der Waals surface area contributed by atoms with Crippen molar-refractivity contribution < 1.29 is 49.4 Å². The molecule has 0 spiro atoms. The van der Waals surface area contributed by atoms with Crippen LogP contribution in [0.4, 0.5) is 5.69 Å². The number of nitrogens with two attached hydrogens (primary N) is 1. The van der Waals surface area contributed by atoms with E-state index >= 15 is 0 Å². The second kappa shape index (κ2) is 10.8. The highest BCUT2D eigenvalue weighted by Gasteiger charge is 2.67. The number of benzene rings is 1. The summed E-state index contributed by atoms with van der Waals surface area (Å²) in [5.74, 6) is -10.1. The third-order valence-corrected chi connectivity index (χ3v) is 8.20. The molecule has 1 aromatic rings. The van der Waals surface area contributed by atoms with Crippen molar-refractivity contribution in [3.8, 4) is 5.75 Å². The van der Waals surface area contributed by atoms with E-state index < -0.39 is 87.3 Å². The Morgan fingerprint density at radius 1 is 1.17 bits per heavy atom. The molecule has 6 atom stereocenters. The molecule has 3 aliphatic rings. The second-order valence-corrected chi connectivity index (χ2v) is 10.7. The summed E-state index contributed by atoms with van der Waals surface area (Å²) in [5, 5.41) is 62.0. The zero-order valence-corrected chi connectivity index (χ0v) is 23.0. The monoisotopic (exact) mass is 574 g/mol. The number of Topliss-reactive ketones (excluding diaryl/α,β-unsaturated/α-hetero) is 2. The summed E-state index contributed by atoms with van der Waals surface area (Å²) in [6.07, 6.45) is -1.68. The number of amides is 2. The van der Waals surface area contributed by atoms with E-state index in [9.17, 15) is 44.7 Å². The minimum Gasteiger partial charge on any atom is -0.510 e. The summed E-state index contributed by atoms with van der Waals surface area (Å²) < 4.78 is 4.87. The summed E-state index contributed by atoms with van der Waals surface area (Å²) in [5.41, 5.74) is 0.947. The van der Waals surface area contributed by atoms with Crippen LogP contribution in [0.3, 0.4) is 0 Å². The highest BCUT2D eigenvalue weighted by atomic mass is 16.5. The van der Waals surface area contributed by atoms with E-state index in [1.54, 1.807) is 6.92 Å². The van der Waals surface area contributed by atoms with Gasteiger partial charge in [-0.15, -0.1) is 0 Å². The number of rotatable bonds is 8. The van der Waals surface area contributed by atoms with Crippen molar-refractivity contribution in [1.82, 2.24) is 10.2 Å². The summed E-state index contributed by atoms with van der Waals surface area (Å²) in [7, 11) is 4.42. The van der Waals surface area contributed by atoms with Gasteiger partial charge in [0.05, 0.1) is 42.5 Å². The second-order valence-electron chi connectivity index (χ2n) is 10.7. The highest BCUT2D eigenvalue weighted by molar-refractivity contribution is 6.25. The van der Waals surface area contributed by atoms with Crippen molar-refractivity contribution in [1.29, 1.82) is 0 Å². The van der Waals surface area contributed by atoms with Crippen molar-refractivity contribution in [2.24, 2.45) is 17.6 Å². The lowest BCUT2D eigenvalue weighted by molar-refractivity contribution is -0.162. The van der Waals surface area contributed by atoms with Crippen LogP contribution in [0.1, 0.15) is 28.8 Å². The third-order valence-electron chi connectivity index (χ3n) is 8.20. The van der Waals surface area contributed by atoms with Gasteiger partial charge in [-0.2, -0.15) is 0 Å². The first-order valence-electron chi connectivity index (χ1n) is 12.9. The van der Waals surface area contributed by atoms with Gasteiger partial charge >= 0.3 is 0 Å². The van der Waals surface area contributed by atoms with Crippen LogP contribution < -0.4 is 16.4 Å². The molecule has 1 aromatic carbocycles. The molecule has 0 aliphatic heterocycles. The summed E-state index contributed by atoms with van der Waals surface area (Å²) >= 11 is 0. The fraction of sp³-hybridized carbons (Fsp3) is 0.481. The summed E-state index contributed by atoms with van der Waals surface area (Å²) in [6.45, 7) is 1.95. The van der Waals surface area contributed by atoms with Crippen molar-refractivity contribution in [3.05, 3.63) is 45.9 Å². The number of hydrogen-bond acceptors (Lipinski definition) is 12. The van der Waals surface area contributed by atoms with Gasteiger partial charge in [0.1, 0.15) is 22.8 Å². The number of phenolic OH excluding ortho intramolecular Hbond substituents is 1. The Hall–Kier alpha value is -3.98. The van der Waals surface area contributed by atoms with Crippen LogP contribution in [0.15, 0.2) is 34.8 Å². The molecule has 0 fully saturated rings. The molecule has 0 bridgehead atoms. The molecule has 4 rings (SSSR count). The molecule has 0 unspecified atom stereocenters. The van der Waals surface area contributed by atoms with Gasteiger partial charge in [-0.3, -0.25) is 24.1 Å². The molecular formula is C27H34N4O10. The molecule has 9 N–H and O–H groups in total. The van der Waals surface area contributed by atoms with Crippen LogP contribution in [-0.4, -0.2) is 112 Å². The van der Waals surface area contributed by atoms with Crippen molar-refractivity contribution in [2.75, 3.05) is 46.2 Å². The van der Waals surface area contributed by atoms with Crippen molar-refractivity contribution in [2.45, 2.75) is 30.6 Å². The Bertz CT molecular complexity index is 1390. The molecule has 14 heteroatoms. The number of likely N-dealkylation sites (N-methyl/N-ethyl adjacent to an activating group) is 1. The lowest BCUT2D eigenvalue weighted by atomic mass is 9.55. The van der Waals surface area contributed by atoms with E-state index in [2.05, 4.69) is 10.6 Å². The zero-order valence-electron chi connectivity index (χ0n) is 23.0. The Balaban J connectivity index is 1.82. The number of carbonyl (C=O) groups excluding carboxylic acids is 4. The Kier molecular flexibility index (Phi) is 7.88. The molecule has 3 aliphatic carbocycles. The van der Waals surface area contributed by atoms with E-state index in [1.807, 2.05) is 0 Å². The molecular weight excluding hydrogens is 540 g/mol. The predicted molar refractivity (Wildman–Crippen MR) is 143 cm³/mol. The SMILES string of the molecule is COCCNC(=O)CNc1ccc2c(c1O)C(=O)C1=C(O)[C@@]3(O)C(=O)C(C(N)=O)=C(O)[C@@H](N(C)C)[C@H]3[C@H](O)[C@H]1[C@@H]2C. The first-order valence-corrected chi connectivity index (χ1v) is 12.9. The molecule has 0 saturated carbocycles.